The number of nitrogens with one attached hydrogen (secondary N) is 1. The summed E-state index contributed by atoms with van der Waals surface area (Å²) in [5, 5.41) is 3.21. The van der Waals surface area contributed by atoms with E-state index in [1.807, 2.05) is 0 Å². The molecule has 1 aliphatic rings. The molecule has 0 bridgehead atoms. The molecule has 1 aromatic heterocycles. The lowest BCUT2D eigenvalue weighted by Crippen LogP contribution is -2.18. The highest BCUT2D eigenvalue weighted by Gasteiger charge is 2.11. The molecule has 0 spiro atoms. The van der Waals surface area contributed by atoms with Gasteiger partial charge in [0.15, 0.2) is 5.75 Å². The number of hydrogen-bond donors (Lipinski definition) is 1. The van der Waals surface area contributed by atoms with Gasteiger partial charge in [-0.15, -0.1) is 0 Å². The molecule has 0 atom stereocenters. The van der Waals surface area contributed by atoms with Crippen LogP contribution in [0.1, 0.15) is 0 Å². The zero-order chi connectivity index (χ0) is 7.68. The highest BCUT2D eigenvalue weighted by molar-refractivity contribution is 14.1. The fraction of sp³-hybridized carbons (Fsp3) is 0.286. The molecule has 4 heteroatoms. The fourth-order valence-electron chi connectivity index (χ4n) is 1.03. The maximum Gasteiger partial charge on any atom is 0.158 e. The normalized spacial score (nSPS) is 14.6. The van der Waals surface area contributed by atoms with Crippen LogP contribution < -0.4 is 10.1 Å². The van der Waals surface area contributed by atoms with Crippen molar-refractivity contribution < 1.29 is 4.74 Å². The van der Waals surface area contributed by atoms with E-state index in [9.17, 15) is 0 Å². The Morgan fingerprint density at radius 3 is 3.27 bits per heavy atom. The predicted molar refractivity (Wildman–Crippen MR) is 50.9 cm³/mol. The minimum absolute atomic E-state index is 0.743. The van der Waals surface area contributed by atoms with Gasteiger partial charge in [0.05, 0.1) is 15.5 Å². The van der Waals surface area contributed by atoms with Crippen molar-refractivity contribution in [3.63, 3.8) is 0 Å². The summed E-state index contributed by atoms with van der Waals surface area (Å²) < 4.78 is 6.51. The van der Waals surface area contributed by atoms with Gasteiger partial charge in [-0.1, -0.05) is 0 Å². The van der Waals surface area contributed by atoms with E-state index < -0.39 is 0 Å². The molecule has 11 heavy (non-hydrogen) atoms. The Hall–Kier alpha value is -0.520. The second kappa shape index (κ2) is 2.84. The predicted octanol–water partition coefficient (Wildman–Crippen LogP) is 1.49. The van der Waals surface area contributed by atoms with Gasteiger partial charge >= 0.3 is 0 Å². The maximum atomic E-state index is 5.44. The molecule has 3 nitrogen and oxygen atoms in total. The van der Waals surface area contributed by atoms with E-state index in [-0.39, 0.29) is 0 Å². The summed E-state index contributed by atoms with van der Waals surface area (Å²) in [4.78, 5) is 4.05. The van der Waals surface area contributed by atoms with Crippen LogP contribution in [0.15, 0.2) is 12.4 Å². The van der Waals surface area contributed by atoms with Gasteiger partial charge in [-0.2, -0.15) is 0 Å². The number of nitrogens with zero attached hydrogens (tertiary/aromatic N) is 1. The summed E-state index contributed by atoms with van der Waals surface area (Å²) in [7, 11) is 0. The highest BCUT2D eigenvalue weighted by Crippen LogP contribution is 2.30. The average molecular weight is 262 g/mol. The van der Waals surface area contributed by atoms with Crippen LogP contribution in [-0.4, -0.2) is 18.1 Å². The van der Waals surface area contributed by atoms with Gasteiger partial charge < -0.3 is 10.1 Å². The van der Waals surface area contributed by atoms with Crippen LogP contribution >= 0.6 is 22.6 Å². The Morgan fingerprint density at radius 2 is 2.45 bits per heavy atom. The van der Waals surface area contributed by atoms with Crippen LogP contribution in [0.3, 0.4) is 0 Å². The second-order valence-corrected chi connectivity index (χ2v) is 3.44. The lowest BCUT2D eigenvalue weighted by atomic mass is 10.3. The Balaban J connectivity index is 2.49. The van der Waals surface area contributed by atoms with E-state index >= 15 is 0 Å². The lowest BCUT2D eigenvalue weighted by molar-refractivity contribution is 0.320. The SMILES string of the molecule is Ic1cncc2c1OCCN2. The first-order chi connectivity index (χ1) is 5.38. The summed E-state index contributed by atoms with van der Waals surface area (Å²) in [5.74, 6) is 0.937. The number of anilines is 1. The summed E-state index contributed by atoms with van der Waals surface area (Å²) in [6.45, 7) is 1.61. The molecule has 0 saturated carbocycles. The molecule has 0 radical (unpaired) electrons. The molecule has 0 aromatic carbocycles. The van der Waals surface area contributed by atoms with Gasteiger partial charge in [0, 0.05) is 12.7 Å². The van der Waals surface area contributed by atoms with Gasteiger partial charge in [-0.3, -0.25) is 4.98 Å². The average Bonchev–Trinajstić information content (AvgIpc) is 2.06. The van der Waals surface area contributed by atoms with E-state index in [1.54, 1.807) is 12.4 Å². The zero-order valence-corrected chi connectivity index (χ0v) is 7.96. The van der Waals surface area contributed by atoms with Crippen LogP contribution in [-0.2, 0) is 0 Å². The Labute approximate surface area is 78.3 Å². The highest BCUT2D eigenvalue weighted by atomic mass is 127. The molecule has 0 amide bonds. The first-order valence-corrected chi connectivity index (χ1v) is 4.46. The van der Waals surface area contributed by atoms with Crippen LogP contribution in [0.2, 0.25) is 0 Å². The summed E-state index contributed by atoms with van der Waals surface area (Å²) in [5.41, 5.74) is 1.00. The number of fused-ring (bicyclic) bond motifs is 1. The maximum absolute atomic E-state index is 5.44. The number of pyridine rings is 1. The first kappa shape index (κ1) is 7.15. The Kier molecular flexibility index (Phi) is 1.85. The quantitative estimate of drug-likeness (QED) is 0.719. The number of aromatic nitrogens is 1. The largest absolute Gasteiger partial charge is 0.488 e. The molecule has 58 valence electrons. The molecule has 0 unspecified atom stereocenters. The molecule has 1 aliphatic heterocycles. The van der Waals surface area contributed by atoms with Gasteiger partial charge in [-0.25, -0.2) is 0 Å². The molecule has 1 aromatic rings. The first-order valence-electron chi connectivity index (χ1n) is 3.38. The van der Waals surface area contributed by atoms with Crippen molar-refractivity contribution in [2.24, 2.45) is 0 Å². The van der Waals surface area contributed by atoms with Gasteiger partial charge in [0.2, 0.25) is 0 Å². The lowest BCUT2D eigenvalue weighted by Gasteiger charge is -2.19. The van der Waals surface area contributed by atoms with Crippen molar-refractivity contribution in [2.75, 3.05) is 18.5 Å². The van der Waals surface area contributed by atoms with Crippen molar-refractivity contribution in [3.05, 3.63) is 16.0 Å². The Bertz CT molecular complexity index is 277. The molecule has 2 heterocycles. The minimum atomic E-state index is 0.743. The zero-order valence-electron chi connectivity index (χ0n) is 5.80. The van der Waals surface area contributed by atoms with E-state index in [2.05, 4.69) is 32.9 Å². The number of ether oxygens (including phenoxy) is 1. The van der Waals surface area contributed by atoms with Gasteiger partial charge in [0.1, 0.15) is 6.61 Å². The number of hydrogen-bond acceptors (Lipinski definition) is 3. The van der Waals surface area contributed by atoms with Crippen LogP contribution in [0.4, 0.5) is 5.69 Å². The van der Waals surface area contributed by atoms with Crippen LogP contribution in [0.25, 0.3) is 0 Å². The van der Waals surface area contributed by atoms with Crippen LogP contribution in [0.5, 0.6) is 5.75 Å². The fourth-order valence-corrected chi connectivity index (χ4v) is 1.64. The van der Waals surface area contributed by atoms with E-state index in [0.29, 0.717) is 0 Å². The molecule has 2 rings (SSSR count). The van der Waals surface area contributed by atoms with Crippen molar-refractivity contribution in [2.45, 2.75) is 0 Å². The molecule has 0 saturated heterocycles. The van der Waals surface area contributed by atoms with E-state index in [4.69, 9.17) is 4.74 Å². The van der Waals surface area contributed by atoms with Crippen molar-refractivity contribution >= 4 is 28.3 Å². The molecular formula is C7H7IN2O. The van der Waals surface area contributed by atoms with Gasteiger partial charge in [0.25, 0.3) is 0 Å². The van der Waals surface area contributed by atoms with Crippen LogP contribution in [0, 0.1) is 3.57 Å². The third kappa shape index (κ3) is 1.26. The van der Waals surface area contributed by atoms with E-state index in [1.165, 1.54) is 0 Å². The van der Waals surface area contributed by atoms with Crippen molar-refractivity contribution in [1.82, 2.24) is 4.98 Å². The number of halogens is 1. The molecular weight excluding hydrogens is 255 g/mol. The summed E-state index contributed by atoms with van der Waals surface area (Å²) >= 11 is 2.22. The molecule has 1 N–H and O–H groups in total. The van der Waals surface area contributed by atoms with Crippen molar-refractivity contribution in [3.8, 4) is 5.75 Å². The topological polar surface area (TPSA) is 34.1 Å². The standard InChI is InChI=1S/C7H7IN2O/c8-5-3-9-4-6-7(5)11-2-1-10-6/h3-4,10H,1-2H2. The van der Waals surface area contributed by atoms with Crippen molar-refractivity contribution in [1.29, 1.82) is 0 Å². The molecule has 0 aliphatic carbocycles. The monoisotopic (exact) mass is 262 g/mol. The van der Waals surface area contributed by atoms with Gasteiger partial charge in [-0.05, 0) is 22.6 Å². The third-order valence-electron chi connectivity index (χ3n) is 1.52. The smallest absolute Gasteiger partial charge is 0.158 e. The minimum Gasteiger partial charge on any atom is -0.488 e. The second-order valence-electron chi connectivity index (χ2n) is 2.27. The molecule has 0 fully saturated rings. The third-order valence-corrected chi connectivity index (χ3v) is 2.29. The summed E-state index contributed by atoms with van der Waals surface area (Å²) in [6.07, 6.45) is 3.59. The van der Waals surface area contributed by atoms with E-state index in [0.717, 1.165) is 28.2 Å². The Morgan fingerprint density at radius 1 is 1.55 bits per heavy atom. The number of rotatable bonds is 0. The summed E-state index contributed by atoms with van der Waals surface area (Å²) in [6, 6.07) is 0.